The molecule has 34 heavy (non-hydrogen) atoms. The molecule has 0 aliphatic carbocycles. The van der Waals surface area contributed by atoms with E-state index in [2.05, 4.69) is 38.6 Å². The Kier molecular flexibility index (Phi) is 9.58. The topological polar surface area (TPSA) is 56.5 Å². The summed E-state index contributed by atoms with van der Waals surface area (Å²) in [5.74, 6) is 0.377. The molecule has 1 unspecified atom stereocenters. The molecule has 2 aromatic carbocycles. The van der Waals surface area contributed by atoms with Crippen molar-refractivity contribution in [2.75, 3.05) is 5.75 Å². The van der Waals surface area contributed by atoms with Crippen LogP contribution in [0.25, 0.3) is 22.1 Å². The summed E-state index contributed by atoms with van der Waals surface area (Å²) in [6.45, 7) is 9.62. The molecule has 3 rings (SSSR count). The SMILES string of the molecule is C=CC(=O)OC(C)CCSc1ccc2cc(-c3ccc(CCCCC)cc3CC)c(=O)oc2c1. The second-order valence-corrected chi connectivity index (χ2v) is 9.71. The van der Waals surface area contributed by atoms with Crippen LogP contribution in [-0.2, 0) is 22.4 Å². The van der Waals surface area contributed by atoms with Gasteiger partial charge in [-0.25, -0.2) is 9.59 Å². The van der Waals surface area contributed by atoms with Crippen molar-refractivity contribution in [3.05, 3.63) is 76.7 Å². The van der Waals surface area contributed by atoms with Crippen LogP contribution in [0.2, 0.25) is 0 Å². The predicted octanol–water partition coefficient (Wildman–Crippen LogP) is 7.36. The largest absolute Gasteiger partial charge is 0.459 e. The van der Waals surface area contributed by atoms with E-state index in [9.17, 15) is 9.59 Å². The fraction of sp³-hybridized carbons (Fsp3) is 0.379. The van der Waals surface area contributed by atoms with Crippen molar-refractivity contribution >= 4 is 28.7 Å². The molecule has 0 fully saturated rings. The molecule has 0 saturated heterocycles. The molecular formula is C29H34O4S. The van der Waals surface area contributed by atoms with Crippen molar-refractivity contribution < 1.29 is 13.9 Å². The van der Waals surface area contributed by atoms with Gasteiger partial charge in [0.05, 0.1) is 5.56 Å². The molecule has 4 nitrogen and oxygen atoms in total. The van der Waals surface area contributed by atoms with Crippen molar-refractivity contribution in [1.29, 1.82) is 0 Å². The van der Waals surface area contributed by atoms with Gasteiger partial charge in [0.15, 0.2) is 0 Å². The van der Waals surface area contributed by atoms with Crippen LogP contribution in [0.5, 0.6) is 0 Å². The first-order valence-corrected chi connectivity index (χ1v) is 13.1. The molecule has 3 aromatic rings. The van der Waals surface area contributed by atoms with Gasteiger partial charge in [-0.15, -0.1) is 11.8 Å². The van der Waals surface area contributed by atoms with E-state index < -0.39 is 5.97 Å². The number of rotatable bonds is 12. The molecule has 0 bridgehead atoms. The minimum Gasteiger partial charge on any atom is -0.459 e. The highest BCUT2D eigenvalue weighted by Crippen LogP contribution is 2.29. The number of esters is 1. The second-order valence-electron chi connectivity index (χ2n) is 8.54. The molecule has 0 spiro atoms. The fourth-order valence-electron chi connectivity index (χ4n) is 3.95. The van der Waals surface area contributed by atoms with Gasteiger partial charge in [0.25, 0.3) is 0 Å². The zero-order valence-electron chi connectivity index (χ0n) is 20.4. The number of unbranched alkanes of at least 4 members (excludes halogenated alkanes) is 2. The maximum Gasteiger partial charge on any atom is 0.344 e. The maximum atomic E-state index is 12.9. The van der Waals surface area contributed by atoms with E-state index in [-0.39, 0.29) is 11.7 Å². The first kappa shape index (κ1) is 25.8. The lowest BCUT2D eigenvalue weighted by molar-refractivity contribution is -0.142. The quantitative estimate of drug-likeness (QED) is 0.0895. The third-order valence-electron chi connectivity index (χ3n) is 5.89. The second kappa shape index (κ2) is 12.6. The average Bonchev–Trinajstić information content (AvgIpc) is 2.83. The summed E-state index contributed by atoms with van der Waals surface area (Å²) < 4.78 is 10.9. The number of hydrogen-bond donors (Lipinski definition) is 0. The molecule has 0 amide bonds. The highest BCUT2D eigenvalue weighted by atomic mass is 32.2. The Hall–Kier alpha value is -2.79. The van der Waals surface area contributed by atoms with E-state index in [4.69, 9.17) is 9.15 Å². The molecule has 0 N–H and O–H groups in total. The lowest BCUT2D eigenvalue weighted by atomic mass is 9.94. The zero-order chi connectivity index (χ0) is 24.5. The number of fused-ring (bicyclic) bond motifs is 1. The first-order chi connectivity index (χ1) is 16.4. The summed E-state index contributed by atoms with van der Waals surface area (Å²) in [4.78, 5) is 25.2. The standard InChI is InChI=1S/C29H34O4S/c1-5-8-9-10-21-11-14-25(22(6-2)17-21)26-18-23-12-13-24(19-27(23)33-29(26)31)34-16-15-20(4)32-28(30)7-3/h7,11-14,17-20H,3,5-6,8-10,15-16H2,1-2,4H3. The predicted molar refractivity (Wildman–Crippen MR) is 142 cm³/mol. The van der Waals surface area contributed by atoms with Gasteiger partial charge < -0.3 is 9.15 Å². The van der Waals surface area contributed by atoms with Crippen LogP contribution in [0.4, 0.5) is 0 Å². The van der Waals surface area contributed by atoms with E-state index in [1.807, 2.05) is 31.2 Å². The summed E-state index contributed by atoms with van der Waals surface area (Å²) >= 11 is 1.64. The van der Waals surface area contributed by atoms with E-state index in [0.717, 1.165) is 40.9 Å². The van der Waals surface area contributed by atoms with Gasteiger partial charge in [0.1, 0.15) is 11.7 Å². The Morgan fingerprint density at radius 2 is 1.94 bits per heavy atom. The van der Waals surface area contributed by atoms with E-state index in [1.54, 1.807) is 11.8 Å². The summed E-state index contributed by atoms with van der Waals surface area (Å²) in [5, 5.41) is 0.904. The Balaban J connectivity index is 1.76. The number of ether oxygens (including phenoxy) is 1. The van der Waals surface area contributed by atoms with Gasteiger partial charge in [-0.05, 0) is 67.5 Å². The summed E-state index contributed by atoms with van der Waals surface area (Å²) in [5.41, 5.74) is 4.35. The maximum absolute atomic E-state index is 12.9. The highest BCUT2D eigenvalue weighted by molar-refractivity contribution is 7.99. The summed E-state index contributed by atoms with van der Waals surface area (Å²) in [6.07, 6.45) is 7.30. The van der Waals surface area contributed by atoms with Gasteiger partial charge in [-0.1, -0.05) is 57.5 Å². The van der Waals surface area contributed by atoms with Crippen LogP contribution in [0.15, 0.2) is 69.2 Å². The Morgan fingerprint density at radius 3 is 2.68 bits per heavy atom. The molecule has 0 aliphatic rings. The van der Waals surface area contributed by atoms with Crippen LogP contribution in [-0.4, -0.2) is 17.8 Å². The highest BCUT2D eigenvalue weighted by Gasteiger charge is 2.13. The molecule has 0 aliphatic heterocycles. The summed E-state index contributed by atoms with van der Waals surface area (Å²) in [6, 6.07) is 14.3. The van der Waals surface area contributed by atoms with E-state index in [0.29, 0.717) is 11.1 Å². The molecule has 1 aromatic heterocycles. The smallest absolute Gasteiger partial charge is 0.344 e. The lowest BCUT2D eigenvalue weighted by Gasteiger charge is -2.12. The molecule has 1 atom stereocenters. The number of carbonyl (C=O) groups is 1. The van der Waals surface area contributed by atoms with Crippen molar-refractivity contribution in [3.63, 3.8) is 0 Å². The van der Waals surface area contributed by atoms with Crippen LogP contribution in [0, 0.1) is 0 Å². The van der Waals surface area contributed by atoms with Gasteiger partial charge in [0.2, 0.25) is 0 Å². The van der Waals surface area contributed by atoms with E-state index >= 15 is 0 Å². The molecule has 0 radical (unpaired) electrons. The first-order valence-electron chi connectivity index (χ1n) is 12.1. The fourth-order valence-corrected chi connectivity index (χ4v) is 4.99. The average molecular weight is 479 g/mol. The van der Waals surface area contributed by atoms with Crippen molar-refractivity contribution in [3.8, 4) is 11.1 Å². The minimum atomic E-state index is -0.404. The zero-order valence-corrected chi connectivity index (χ0v) is 21.2. The number of aryl methyl sites for hydroxylation is 2. The lowest BCUT2D eigenvalue weighted by Crippen LogP contribution is -2.13. The molecule has 5 heteroatoms. The molecule has 180 valence electrons. The van der Waals surface area contributed by atoms with E-state index in [1.165, 1.54) is 36.5 Å². The van der Waals surface area contributed by atoms with Crippen molar-refractivity contribution in [2.24, 2.45) is 0 Å². The Morgan fingerprint density at radius 1 is 1.12 bits per heavy atom. The monoisotopic (exact) mass is 478 g/mol. The normalized spacial score (nSPS) is 12.0. The number of carbonyl (C=O) groups excluding carboxylic acids is 1. The number of hydrogen-bond acceptors (Lipinski definition) is 5. The number of thioether (sulfide) groups is 1. The van der Waals surface area contributed by atoms with Gasteiger partial charge in [-0.2, -0.15) is 0 Å². The van der Waals surface area contributed by atoms with Gasteiger partial charge in [-0.3, -0.25) is 0 Å². The number of benzene rings is 2. The van der Waals surface area contributed by atoms with Crippen LogP contribution >= 0.6 is 11.8 Å². The van der Waals surface area contributed by atoms with Crippen molar-refractivity contribution in [2.45, 2.75) is 70.3 Å². The third-order valence-corrected chi connectivity index (χ3v) is 6.92. The Bertz CT molecular complexity index is 1190. The minimum absolute atomic E-state index is 0.176. The summed E-state index contributed by atoms with van der Waals surface area (Å²) in [7, 11) is 0. The van der Waals surface area contributed by atoms with Crippen molar-refractivity contribution in [1.82, 2.24) is 0 Å². The third kappa shape index (κ3) is 6.86. The van der Waals surface area contributed by atoms with Crippen LogP contribution in [0.3, 0.4) is 0 Å². The Labute approximate surface area is 206 Å². The van der Waals surface area contributed by atoms with Crippen LogP contribution in [0.1, 0.15) is 57.6 Å². The molecular weight excluding hydrogens is 444 g/mol. The van der Waals surface area contributed by atoms with Gasteiger partial charge >= 0.3 is 11.6 Å². The molecule has 0 saturated carbocycles. The molecule has 1 heterocycles. The van der Waals surface area contributed by atoms with Crippen LogP contribution < -0.4 is 5.63 Å². The van der Waals surface area contributed by atoms with Gasteiger partial charge in [0, 0.05) is 22.1 Å².